The van der Waals surface area contributed by atoms with Crippen molar-refractivity contribution in [1.82, 2.24) is 5.32 Å². The van der Waals surface area contributed by atoms with Crippen LogP contribution in [0.1, 0.15) is 38.8 Å². The van der Waals surface area contributed by atoms with Crippen LogP contribution in [0, 0.1) is 5.92 Å². The van der Waals surface area contributed by atoms with E-state index in [1.54, 1.807) is 0 Å². The fourth-order valence-electron chi connectivity index (χ4n) is 1.37. The van der Waals surface area contributed by atoms with Crippen LogP contribution < -0.4 is 5.32 Å². The maximum atomic E-state index is 11.6. The average Bonchev–Trinajstić information content (AvgIpc) is 2.29. The lowest BCUT2D eigenvalue weighted by Gasteiger charge is -2.16. The van der Waals surface area contributed by atoms with Gasteiger partial charge in [-0.2, -0.15) is 0 Å². The predicted octanol–water partition coefficient (Wildman–Crippen LogP) is 2.91. The molecule has 0 saturated heterocycles. The van der Waals surface area contributed by atoms with Crippen LogP contribution >= 0.6 is 0 Å². The Kier molecular flexibility index (Phi) is 4.35. The first-order valence-electron chi connectivity index (χ1n) is 5.50. The van der Waals surface area contributed by atoms with Gasteiger partial charge in [0.2, 0.25) is 5.91 Å². The number of amides is 1. The lowest BCUT2D eigenvalue weighted by molar-refractivity contribution is -0.125. The summed E-state index contributed by atoms with van der Waals surface area (Å²) < 4.78 is 0. The number of rotatable bonds is 4. The highest BCUT2D eigenvalue weighted by Gasteiger charge is 2.13. The Morgan fingerprint density at radius 2 is 1.87 bits per heavy atom. The van der Waals surface area contributed by atoms with E-state index in [0.29, 0.717) is 0 Å². The molecule has 15 heavy (non-hydrogen) atoms. The molecule has 0 heterocycles. The lowest BCUT2D eigenvalue weighted by Crippen LogP contribution is -2.31. The van der Waals surface area contributed by atoms with E-state index in [0.717, 1.165) is 12.0 Å². The van der Waals surface area contributed by atoms with Crippen LogP contribution in [0.5, 0.6) is 0 Å². The quantitative estimate of drug-likeness (QED) is 0.804. The minimum atomic E-state index is 0.0905. The number of benzene rings is 1. The van der Waals surface area contributed by atoms with Gasteiger partial charge in [-0.15, -0.1) is 0 Å². The Morgan fingerprint density at radius 3 is 2.40 bits per heavy atom. The molecule has 0 spiro atoms. The van der Waals surface area contributed by atoms with Crippen molar-refractivity contribution in [3.05, 3.63) is 35.9 Å². The van der Waals surface area contributed by atoms with Gasteiger partial charge in [-0.3, -0.25) is 4.79 Å². The van der Waals surface area contributed by atoms with Gasteiger partial charge >= 0.3 is 0 Å². The Hall–Kier alpha value is -1.31. The Labute approximate surface area is 91.7 Å². The van der Waals surface area contributed by atoms with Crippen LogP contribution in [-0.2, 0) is 4.79 Å². The van der Waals surface area contributed by atoms with E-state index >= 15 is 0 Å². The van der Waals surface area contributed by atoms with Crippen molar-refractivity contribution in [2.24, 2.45) is 5.92 Å². The second kappa shape index (κ2) is 5.54. The molecular formula is C13H19NO. The summed E-state index contributed by atoms with van der Waals surface area (Å²) in [6.45, 7) is 5.99. The molecule has 0 fully saturated rings. The first kappa shape index (κ1) is 11.8. The summed E-state index contributed by atoms with van der Waals surface area (Å²) in [5.41, 5.74) is 1.15. The van der Waals surface area contributed by atoms with E-state index in [2.05, 4.69) is 5.32 Å². The summed E-state index contributed by atoms with van der Waals surface area (Å²) in [6, 6.07) is 10.1. The van der Waals surface area contributed by atoms with Gasteiger partial charge in [0.1, 0.15) is 0 Å². The summed E-state index contributed by atoms with van der Waals surface area (Å²) in [7, 11) is 0. The van der Waals surface area contributed by atoms with Crippen molar-refractivity contribution < 1.29 is 4.79 Å². The predicted molar refractivity (Wildman–Crippen MR) is 62.5 cm³/mol. The van der Waals surface area contributed by atoms with Crippen LogP contribution in [0.4, 0.5) is 0 Å². The molecule has 0 saturated carbocycles. The molecule has 1 amide bonds. The van der Waals surface area contributed by atoms with Gasteiger partial charge in [-0.1, -0.05) is 44.2 Å². The van der Waals surface area contributed by atoms with Gasteiger partial charge in [0.05, 0.1) is 6.04 Å². The number of hydrogen-bond acceptors (Lipinski definition) is 1. The third-order valence-corrected chi connectivity index (χ3v) is 2.72. The van der Waals surface area contributed by atoms with Crippen LogP contribution in [-0.4, -0.2) is 5.91 Å². The fraction of sp³-hybridized carbons (Fsp3) is 0.462. The molecule has 2 atom stereocenters. The standard InChI is InChI=1S/C13H19NO/c1-4-10(2)13(15)14-11(3)12-8-6-5-7-9-12/h5-11H,4H2,1-3H3,(H,14,15)/t10-,11-/m0/s1. The molecule has 0 bridgehead atoms. The third-order valence-electron chi connectivity index (χ3n) is 2.72. The second-order valence-corrected chi connectivity index (χ2v) is 3.95. The fourth-order valence-corrected chi connectivity index (χ4v) is 1.37. The minimum absolute atomic E-state index is 0.0905. The molecule has 0 unspecified atom stereocenters. The summed E-state index contributed by atoms with van der Waals surface area (Å²) in [4.78, 5) is 11.6. The molecule has 0 radical (unpaired) electrons. The van der Waals surface area contributed by atoms with Gasteiger partial charge < -0.3 is 5.32 Å². The van der Waals surface area contributed by atoms with Gasteiger partial charge in [0.15, 0.2) is 0 Å². The number of carbonyl (C=O) groups excluding carboxylic acids is 1. The molecular weight excluding hydrogens is 186 g/mol. The van der Waals surface area contributed by atoms with E-state index < -0.39 is 0 Å². The van der Waals surface area contributed by atoms with Crippen LogP contribution in [0.2, 0.25) is 0 Å². The molecule has 1 aromatic rings. The largest absolute Gasteiger partial charge is 0.349 e. The Morgan fingerprint density at radius 1 is 1.27 bits per heavy atom. The van der Waals surface area contributed by atoms with Crippen molar-refractivity contribution in [2.75, 3.05) is 0 Å². The van der Waals surface area contributed by atoms with Crippen molar-refractivity contribution in [2.45, 2.75) is 33.2 Å². The maximum Gasteiger partial charge on any atom is 0.223 e. The molecule has 82 valence electrons. The molecule has 2 heteroatoms. The monoisotopic (exact) mass is 205 g/mol. The zero-order valence-corrected chi connectivity index (χ0v) is 9.66. The normalized spacial score (nSPS) is 14.3. The van der Waals surface area contributed by atoms with E-state index in [1.807, 2.05) is 51.1 Å². The number of hydrogen-bond donors (Lipinski definition) is 1. The number of nitrogens with one attached hydrogen (secondary N) is 1. The zero-order valence-electron chi connectivity index (χ0n) is 9.66. The summed E-state index contributed by atoms with van der Waals surface area (Å²) in [5, 5.41) is 3.01. The molecule has 2 nitrogen and oxygen atoms in total. The smallest absolute Gasteiger partial charge is 0.223 e. The lowest BCUT2D eigenvalue weighted by atomic mass is 10.1. The molecule has 0 aromatic heterocycles. The van der Waals surface area contributed by atoms with Crippen LogP contribution in [0.15, 0.2) is 30.3 Å². The topological polar surface area (TPSA) is 29.1 Å². The molecule has 0 aliphatic rings. The highest BCUT2D eigenvalue weighted by Crippen LogP contribution is 2.12. The average molecular weight is 205 g/mol. The molecule has 1 rings (SSSR count). The molecule has 1 aromatic carbocycles. The van der Waals surface area contributed by atoms with Crippen molar-refractivity contribution >= 4 is 5.91 Å². The molecule has 0 aliphatic carbocycles. The van der Waals surface area contributed by atoms with Crippen molar-refractivity contribution in [3.63, 3.8) is 0 Å². The first-order chi connectivity index (χ1) is 7.15. The van der Waals surface area contributed by atoms with E-state index in [4.69, 9.17) is 0 Å². The van der Waals surface area contributed by atoms with Gasteiger partial charge in [0.25, 0.3) is 0 Å². The summed E-state index contributed by atoms with van der Waals surface area (Å²) in [5.74, 6) is 0.227. The van der Waals surface area contributed by atoms with Gasteiger partial charge in [-0.05, 0) is 18.9 Å². The molecule has 1 N–H and O–H groups in total. The number of carbonyl (C=O) groups is 1. The van der Waals surface area contributed by atoms with Gasteiger partial charge in [0, 0.05) is 5.92 Å². The first-order valence-corrected chi connectivity index (χ1v) is 5.50. The third kappa shape index (κ3) is 3.39. The van der Waals surface area contributed by atoms with Gasteiger partial charge in [-0.25, -0.2) is 0 Å². The highest BCUT2D eigenvalue weighted by molar-refractivity contribution is 5.78. The SMILES string of the molecule is CC[C@H](C)C(=O)N[C@@H](C)c1ccccc1. The van der Waals surface area contributed by atoms with E-state index in [9.17, 15) is 4.79 Å². The van der Waals surface area contributed by atoms with Crippen molar-refractivity contribution in [1.29, 1.82) is 0 Å². The Bertz CT molecular complexity index is 308. The Balaban J connectivity index is 2.56. The van der Waals surface area contributed by atoms with Crippen LogP contribution in [0.3, 0.4) is 0 Å². The van der Waals surface area contributed by atoms with E-state index in [1.165, 1.54) is 0 Å². The maximum absolute atomic E-state index is 11.6. The summed E-state index contributed by atoms with van der Waals surface area (Å²) in [6.07, 6.45) is 0.882. The summed E-state index contributed by atoms with van der Waals surface area (Å²) >= 11 is 0. The second-order valence-electron chi connectivity index (χ2n) is 3.95. The zero-order chi connectivity index (χ0) is 11.3. The van der Waals surface area contributed by atoms with E-state index in [-0.39, 0.29) is 17.9 Å². The van der Waals surface area contributed by atoms with Crippen LogP contribution in [0.25, 0.3) is 0 Å². The highest BCUT2D eigenvalue weighted by atomic mass is 16.1. The molecule has 0 aliphatic heterocycles. The van der Waals surface area contributed by atoms with Crippen molar-refractivity contribution in [3.8, 4) is 0 Å². The minimum Gasteiger partial charge on any atom is -0.349 e.